The van der Waals surface area contributed by atoms with E-state index in [9.17, 15) is 9.90 Å². The highest BCUT2D eigenvalue weighted by Crippen LogP contribution is 2.47. The smallest absolute Gasteiger partial charge is 0.357 e. The van der Waals surface area contributed by atoms with Gasteiger partial charge in [0, 0.05) is 0 Å². The number of aliphatic hydroxyl groups is 1. The molecule has 1 N–H and O–H groups in total. The van der Waals surface area contributed by atoms with Gasteiger partial charge in [-0.3, -0.25) is 0 Å². The van der Waals surface area contributed by atoms with Crippen LogP contribution in [0.2, 0.25) is 50.4 Å². The summed E-state index contributed by atoms with van der Waals surface area (Å²) >= 11 is -0.290. The van der Waals surface area contributed by atoms with Crippen LogP contribution in [0.1, 0.15) is 108 Å². The first-order chi connectivity index (χ1) is 32.1. The van der Waals surface area contributed by atoms with Crippen LogP contribution in [0.5, 0.6) is 5.75 Å². The van der Waals surface area contributed by atoms with Gasteiger partial charge in [0.15, 0.2) is 13.7 Å². The molecular formula is C51H78IO11Si4+. The average molecular weight is 1110 g/mol. The number of carbonyl (C=O) groups excluding carboxylic acids is 1. The van der Waals surface area contributed by atoms with Crippen molar-refractivity contribution in [3.63, 3.8) is 0 Å². The van der Waals surface area contributed by atoms with Gasteiger partial charge in [0.25, 0.3) is 0 Å². The Kier molecular flexibility index (Phi) is 15.4. The zero-order chi connectivity index (χ0) is 46.4. The Bertz CT molecular complexity index is 1950. The van der Waals surface area contributed by atoms with E-state index in [4.69, 9.17) is 40.1 Å². The molecule has 0 bridgehead atoms. The first-order valence-corrected chi connectivity index (χ1v) is 38.5. The summed E-state index contributed by atoms with van der Waals surface area (Å²) in [6, 6.07) is 20.5. The maximum absolute atomic E-state index is 13.2. The standard InChI is InChI=1S/C51H78IO11Si4/c1-35-6-12-40(13-7-35)52-41-14-16-42(17-15-41)55-34-51(54)59-47-30-36(8-18-43(47)53)22-26-64(2)60-65(3,27-23-37-9-19-44-48(31-37)56-44)62-67(5,29-25-39-11-21-46-50(33-39)58-46)63-66(4,61-64)28-24-38-10-20-45-49(32-38)57-45/h6-7,12-17,36-39,43-50,53H,8-11,18-34H2,1-5H3/q+1. The van der Waals surface area contributed by atoms with Crippen LogP contribution in [0.3, 0.4) is 0 Å². The molecule has 4 aliphatic heterocycles. The molecule has 4 saturated carbocycles. The van der Waals surface area contributed by atoms with Gasteiger partial charge in [-0.15, -0.1) is 0 Å². The molecule has 8 aliphatic rings. The minimum atomic E-state index is -2.89. The van der Waals surface area contributed by atoms with Crippen molar-refractivity contribution < 1.29 is 71.3 Å². The molecule has 2 aromatic carbocycles. The van der Waals surface area contributed by atoms with Crippen molar-refractivity contribution in [1.29, 1.82) is 0 Å². The van der Waals surface area contributed by atoms with Crippen LogP contribution in [0, 0.1) is 37.7 Å². The lowest BCUT2D eigenvalue weighted by molar-refractivity contribution is -0.597. The number of esters is 1. The lowest BCUT2D eigenvalue weighted by atomic mass is 9.84. The fourth-order valence-electron chi connectivity index (χ4n) is 12.7. The predicted octanol–water partition coefficient (Wildman–Crippen LogP) is 7.21. The van der Waals surface area contributed by atoms with Gasteiger partial charge in [0.1, 0.15) is 11.9 Å². The zero-order valence-electron chi connectivity index (χ0n) is 40.8. The second kappa shape index (κ2) is 20.8. The van der Waals surface area contributed by atoms with E-state index in [1.165, 1.54) is 57.6 Å². The molecule has 67 heavy (non-hydrogen) atoms. The van der Waals surface area contributed by atoms with Crippen LogP contribution in [0.25, 0.3) is 0 Å². The summed E-state index contributed by atoms with van der Waals surface area (Å²) in [6.07, 6.45) is 18.6. The summed E-state index contributed by atoms with van der Waals surface area (Å²) < 4.78 is 63.3. The molecule has 4 heterocycles. The summed E-state index contributed by atoms with van der Waals surface area (Å²) in [5, 5.41) is 11.1. The molecule has 16 heteroatoms. The fraction of sp³-hybridized carbons (Fsp3) is 0.745. The molecule has 0 amide bonds. The Balaban J connectivity index is 0.794. The molecule has 370 valence electrons. The zero-order valence-corrected chi connectivity index (χ0v) is 47.0. The molecule has 4 aliphatic carbocycles. The van der Waals surface area contributed by atoms with Gasteiger partial charge in [-0.25, -0.2) is 4.79 Å². The second-order valence-corrected chi connectivity index (χ2v) is 40.0. The third kappa shape index (κ3) is 13.5. The highest BCUT2D eigenvalue weighted by Gasteiger charge is 2.58. The Hall–Kier alpha value is -1.01. The van der Waals surface area contributed by atoms with E-state index in [-0.39, 0.29) is 33.7 Å². The average Bonchev–Trinajstić information content (AvgIpc) is 4.20. The number of rotatable bonds is 18. The molecule has 2 aromatic rings. The van der Waals surface area contributed by atoms with Crippen LogP contribution in [0.15, 0.2) is 48.5 Å². The number of ether oxygens (including phenoxy) is 5. The molecule has 4 saturated heterocycles. The van der Waals surface area contributed by atoms with Crippen molar-refractivity contribution in [3.8, 4) is 5.75 Å². The van der Waals surface area contributed by atoms with Crippen molar-refractivity contribution in [2.75, 3.05) is 6.61 Å². The van der Waals surface area contributed by atoms with Gasteiger partial charge in [0.2, 0.25) is 0 Å². The van der Waals surface area contributed by atoms with E-state index in [1.54, 1.807) is 0 Å². The SMILES string of the molecule is Cc1ccc([I+]c2ccc(OCC(=O)OC3CC(CC[Si]4(C)O[Si](C)(CCC5CCC6OC6C5)O[Si](C)(CCC5CCC6OC6C5)O[Si](C)(CCC5CCC6OC6C5)O4)CCC3O)cc2)cc1. The molecule has 10 rings (SSSR count). The predicted molar refractivity (Wildman–Crippen MR) is 260 cm³/mol. The molecule has 0 aromatic heterocycles. The van der Waals surface area contributed by atoms with Crippen molar-refractivity contribution in [3.05, 3.63) is 61.2 Å². The molecule has 0 spiro atoms. The quantitative estimate of drug-likeness (QED) is 0.0704. The van der Waals surface area contributed by atoms with Gasteiger partial charge in [-0.2, -0.15) is 0 Å². The summed E-state index contributed by atoms with van der Waals surface area (Å²) in [5.41, 5.74) is 1.26. The van der Waals surface area contributed by atoms with Gasteiger partial charge in [0.05, 0.1) is 42.7 Å². The third-order valence-corrected chi connectivity index (χ3v) is 37.9. The minimum absolute atomic E-state index is 0.193. The van der Waals surface area contributed by atoms with Gasteiger partial charge in [-0.1, -0.05) is 17.7 Å². The van der Waals surface area contributed by atoms with E-state index in [0.717, 1.165) is 69.1 Å². The summed E-state index contributed by atoms with van der Waals surface area (Å²) in [5.74, 6) is 2.40. The maximum atomic E-state index is 13.2. The van der Waals surface area contributed by atoms with Gasteiger partial charge in [-0.05, 0) is 220 Å². The number of hydrogen-bond acceptors (Lipinski definition) is 11. The number of carbonyl (C=O) groups is 1. The largest absolute Gasteiger partial charge is 0.482 e. The molecule has 11 nitrogen and oxygen atoms in total. The van der Waals surface area contributed by atoms with Crippen LogP contribution in [0.4, 0.5) is 0 Å². The van der Waals surface area contributed by atoms with E-state index in [2.05, 4.69) is 69.5 Å². The molecule has 14 unspecified atom stereocenters. The molecule has 0 radical (unpaired) electrons. The number of epoxide rings is 3. The first-order valence-electron chi connectivity index (χ1n) is 26.2. The van der Waals surface area contributed by atoms with E-state index in [0.29, 0.717) is 73.0 Å². The monoisotopic (exact) mass is 1110 g/mol. The fourth-order valence-corrected chi connectivity index (χ4v) is 38.6. The number of halogens is 1. The molecular weight excluding hydrogens is 1030 g/mol. The summed E-state index contributed by atoms with van der Waals surface area (Å²) in [7, 11) is -11.2. The third-order valence-electron chi connectivity index (χ3n) is 16.6. The lowest BCUT2D eigenvalue weighted by Crippen LogP contribution is -3.61. The van der Waals surface area contributed by atoms with E-state index in [1.807, 2.05) is 12.1 Å². The normalized spacial score (nSPS) is 42.2. The van der Waals surface area contributed by atoms with Crippen LogP contribution in [-0.2, 0) is 40.2 Å². The highest BCUT2D eigenvalue weighted by molar-refractivity contribution is 6.93. The lowest BCUT2D eigenvalue weighted by Gasteiger charge is -2.51. The van der Waals surface area contributed by atoms with Gasteiger partial charge >= 0.3 is 61.4 Å². The Morgan fingerprint density at radius 2 is 0.940 bits per heavy atom. The number of aliphatic hydroxyl groups excluding tert-OH is 1. The van der Waals surface area contributed by atoms with Crippen molar-refractivity contribution in [1.82, 2.24) is 0 Å². The number of benzene rings is 2. The van der Waals surface area contributed by atoms with Crippen molar-refractivity contribution in [2.45, 2.75) is 209 Å². The van der Waals surface area contributed by atoms with Crippen LogP contribution in [-0.4, -0.2) is 101 Å². The van der Waals surface area contributed by atoms with Crippen molar-refractivity contribution >= 4 is 40.2 Å². The van der Waals surface area contributed by atoms with E-state index >= 15 is 0 Å². The topological polar surface area (TPSA) is 130 Å². The van der Waals surface area contributed by atoms with Crippen LogP contribution < -0.4 is 25.9 Å². The number of aryl methyl sites for hydroxylation is 1. The Labute approximate surface area is 415 Å². The molecule has 8 fully saturated rings. The van der Waals surface area contributed by atoms with E-state index < -0.39 is 52.4 Å². The Morgan fingerprint density at radius 3 is 1.36 bits per heavy atom. The first kappa shape index (κ1) is 49.6. The summed E-state index contributed by atoms with van der Waals surface area (Å²) in [6.45, 7) is 11.3. The Morgan fingerprint density at radius 1 is 0.552 bits per heavy atom. The number of fused-ring (bicyclic) bond motifs is 3. The summed E-state index contributed by atoms with van der Waals surface area (Å²) in [4.78, 5) is 13.2. The van der Waals surface area contributed by atoms with Gasteiger partial charge < -0.3 is 45.3 Å². The minimum Gasteiger partial charge on any atom is -0.482 e. The highest BCUT2D eigenvalue weighted by atomic mass is 127. The maximum Gasteiger partial charge on any atom is 0.357 e. The van der Waals surface area contributed by atoms with Crippen LogP contribution >= 0.6 is 0 Å². The second-order valence-electron chi connectivity index (χ2n) is 22.7. The van der Waals surface area contributed by atoms with Crippen molar-refractivity contribution in [2.24, 2.45) is 23.7 Å². The number of hydrogen-bond donors (Lipinski definition) is 1. The molecule has 14 atom stereocenters.